The molecule has 0 aromatic carbocycles. The summed E-state index contributed by atoms with van der Waals surface area (Å²) in [5, 5.41) is 87.2. The fourth-order valence-corrected chi connectivity index (χ4v) is 9.91. The topological polar surface area (TPSA) is 228 Å². The van der Waals surface area contributed by atoms with Crippen molar-refractivity contribution in [1.29, 1.82) is 0 Å². The number of aliphatic hydroxyl groups is 8. The highest BCUT2D eigenvalue weighted by atomic mass is 16.7. The third-order valence-corrected chi connectivity index (χ3v) is 14.9. The Labute approximate surface area is 472 Å². The third-order valence-electron chi connectivity index (χ3n) is 14.9. The van der Waals surface area contributed by atoms with Gasteiger partial charge in [-0.05, 0) is 64.2 Å². The van der Waals surface area contributed by atoms with Crippen molar-refractivity contribution in [1.82, 2.24) is 5.32 Å². The molecule has 12 unspecified atom stereocenters. The van der Waals surface area contributed by atoms with Gasteiger partial charge in [0.25, 0.3) is 0 Å². The molecule has 0 aromatic heterocycles. The minimum absolute atomic E-state index is 0.252. The molecule has 0 aliphatic carbocycles. The molecule has 0 radical (unpaired) electrons. The van der Waals surface area contributed by atoms with Gasteiger partial charge in [0.1, 0.15) is 48.8 Å². The van der Waals surface area contributed by atoms with E-state index in [0.29, 0.717) is 6.42 Å². The summed E-state index contributed by atoms with van der Waals surface area (Å²) >= 11 is 0. The third kappa shape index (κ3) is 34.0. The molecule has 2 heterocycles. The summed E-state index contributed by atoms with van der Waals surface area (Å²) < 4.78 is 22.8. The zero-order valence-electron chi connectivity index (χ0n) is 48.6. The number of nitrogens with one attached hydrogen (secondary N) is 1. The van der Waals surface area contributed by atoms with Gasteiger partial charge < -0.3 is 65.1 Å². The Bertz CT molecular complexity index is 1580. The van der Waals surface area contributed by atoms with Crippen LogP contribution in [0, 0.1) is 0 Å². The van der Waals surface area contributed by atoms with Gasteiger partial charge in [0.2, 0.25) is 5.91 Å². The molecule has 452 valence electrons. The van der Waals surface area contributed by atoms with Crippen molar-refractivity contribution in [2.24, 2.45) is 0 Å². The number of rotatable bonds is 49. The standard InChI is InChI=1S/C64H113NO13/c1-3-5-7-9-11-13-15-17-19-21-23-25-26-28-30-32-34-36-38-40-42-44-46-48-56(69)65-52(53(68)47-45-43-41-39-37-35-33-31-29-27-24-22-20-18-16-14-12-10-8-6-4-2)51-75-63-61(74)59(72)62(55(50-67)77-63)78-64-60(73)58(71)57(70)54(49-66)76-64/h5,7,11,13,17,19,23,25,28,30,45,47,52-55,57-64,66-68,70-74H,3-4,6,8-10,12,14-16,18,20-22,24,26-27,29,31-44,46,48-51H2,1-2H3,(H,65,69)/b7-5-,13-11-,19-17-,25-23-,30-28-,47-45+. The number of carbonyl (C=O) groups is 1. The molecule has 0 aromatic rings. The summed E-state index contributed by atoms with van der Waals surface area (Å²) in [7, 11) is 0. The second-order valence-electron chi connectivity index (χ2n) is 21.8. The predicted octanol–water partition coefficient (Wildman–Crippen LogP) is 11.1. The van der Waals surface area contributed by atoms with E-state index in [1.807, 2.05) is 6.08 Å². The highest BCUT2D eigenvalue weighted by Gasteiger charge is 2.51. The first-order chi connectivity index (χ1) is 38.1. The van der Waals surface area contributed by atoms with E-state index in [0.717, 1.165) is 89.9 Å². The van der Waals surface area contributed by atoms with Crippen LogP contribution >= 0.6 is 0 Å². The zero-order valence-corrected chi connectivity index (χ0v) is 48.6. The molecular weight excluding hydrogens is 991 g/mol. The van der Waals surface area contributed by atoms with E-state index >= 15 is 0 Å². The van der Waals surface area contributed by atoms with Gasteiger partial charge in [0, 0.05) is 6.42 Å². The van der Waals surface area contributed by atoms with Gasteiger partial charge in [0.15, 0.2) is 12.6 Å². The molecule has 0 bridgehead atoms. The van der Waals surface area contributed by atoms with Gasteiger partial charge >= 0.3 is 0 Å². The quantitative estimate of drug-likeness (QED) is 0.0204. The van der Waals surface area contributed by atoms with E-state index in [4.69, 9.17) is 18.9 Å². The highest BCUT2D eigenvalue weighted by molar-refractivity contribution is 5.76. The van der Waals surface area contributed by atoms with Crippen LogP contribution in [-0.2, 0) is 23.7 Å². The Morgan fingerprint density at radius 3 is 1.36 bits per heavy atom. The fraction of sp³-hybridized carbons (Fsp3) is 0.797. The molecule has 2 aliphatic heterocycles. The van der Waals surface area contributed by atoms with Crippen LogP contribution in [0.1, 0.15) is 232 Å². The molecule has 78 heavy (non-hydrogen) atoms. The van der Waals surface area contributed by atoms with E-state index in [9.17, 15) is 45.6 Å². The number of unbranched alkanes of at least 4 members (excludes halogenated alkanes) is 26. The molecule has 9 N–H and O–H groups in total. The molecule has 0 saturated carbocycles. The van der Waals surface area contributed by atoms with Crippen molar-refractivity contribution >= 4 is 5.91 Å². The molecule has 14 nitrogen and oxygen atoms in total. The first-order valence-corrected chi connectivity index (χ1v) is 31.2. The summed E-state index contributed by atoms with van der Waals surface area (Å²) in [4.78, 5) is 13.3. The second kappa shape index (κ2) is 49.1. The lowest BCUT2D eigenvalue weighted by molar-refractivity contribution is -0.359. The number of amides is 1. The van der Waals surface area contributed by atoms with Crippen molar-refractivity contribution in [2.45, 2.75) is 306 Å². The van der Waals surface area contributed by atoms with Gasteiger partial charge in [-0.2, -0.15) is 0 Å². The number of carbonyl (C=O) groups excluding carboxylic acids is 1. The van der Waals surface area contributed by atoms with Gasteiger partial charge in [-0.25, -0.2) is 0 Å². The van der Waals surface area contributed by atoms with Crippen LogP contribution in [0.3, 0.4) is 0 Å². The fourth-order valence-electron chi connectivity index (χ4n) is 9.91. The zero-order chi connectivity index (χ0) is 56.7. The Morgan fingerprint density at radius 1 is 0.474 bits per heavy atom. The van der Waals surface area contributed by atoms with Crippen LogP contribution in [0.4, 0.5) is 0 Å². The van der Waals surface area contributed by atoms with Gasteiger partial charge in [0.05, 0.1) is 32.0 Å². The smallest absolute Gasteiger partial charge is 0.220 e. The largest absolute Gasteiger partial charge is 0.394 e. The van der Waals surface area contributed by atoms with Crippen molar-refractivity contribution in [3.8, 4) is 0 Å². The van der Waals surface area contributed by atoms with E-state index in [-0.39, 0.29) is 18.9 Å². The van der Waals surface area contributed by atoms with Crippen LogP contribution in [0.25, 0.3) is 0 Å². The Morgan fingerprint density at radius 2 is 0.885 bits per heavy atom. The van der Waals surface area contributed by atoms with Crippen LogP contribution in [-0.4, -0.2) is 140 Å². The summed E-state index contributed by atoms with van der Waals surface area (Å²) in [6.45, 7) is 2.69. The maximum atomic E-state index is 13.3. The van der Waals surface area contributed by atoms with Crippen molar-refractivity contribution in [3.63, 3.8) is 0 Å². The van der Waals surface area contributed by atoms with Crippen LogP contribution in [0.15, 0.2) is 72.9 Å². The molecule has 14 heteroatoms. The Balaban J connectivity index is 1.76. The number of ether oxygens (including phenoxy) is 4. The molecule has 2 fully saturated rings. The molecule has 2 aliphatic rings. The van der Waals surface area contributed by atoms with Crippen molar-refractivity contribution in [3.05, 3.63) is 72.9 Å². The Hall–Kier alpha value is -2.57. The second-order valence-corrected chi connectivity index (χ2v) is 21.8. The first-order valence-electron chi connectivity index (χ1n) is 31.2. The minimum Gasteiger partial charge on any atom is -0.394 e. The normalized spacial score (nSPS) is 25.1. The van der Waals surface area contributed by atoms with Gasteiger partial charge in [-0.15, -0.1) is 0 Å². The van der Waals surface area contributed by atoms with E-state index in [1.54, 1.807) is 6.08 Å². The molecule has 2 rings (SSSR count). The lowest BCUT2D eigenvalue weighted by Gasteiger charge is -2.46. The summed E-state index contributed by atoms with van der Waals surface area (Å²) in [6, 6.07) is -0.926. The summed E-state index contributed by atoms with van der Waals surface area (Å²) in [6.07, 6.45) is 47.9. The molecule has 2 saturated heterocycles. The first kappa shape index (κ1) is 71.5. The van der Waals surface area contributed by atoms with Crippen LogP contribution in [0.5, 0.6) is 0 Å². The average Bonchev–Trinajstić information content (AvgIpc) is 3.48. The van der Waals surface area contributed by atoms with Crippen LogP contribution < -0.4 is 5.32 Å². The monoisotopic (exact) mass is 1100 g/mol. The maximum Gasteiger partial charge on any atom is 0.220 e. The average molecular weight is 1100 g/mol. The summed E-state index contributed by atoms with van der Waals surface area (Å²) in [5.74, 6) is -0.252. The molecule has 1 amide bonds. The van der Waals surface area contributed by atoms with Crippen molar-refractivity contribution in [2.75, 3.05) is 19.8 Å². The SMILES string of the molecule is CC/C=C\C/C=C\C/C=C\C/C=C\C/C=C\CCCCCCCCCC(=O)NC(COC1OC(CO)C(OC2OC(CO)C(O)C(O)C2O)C(O)C1O)C(O)/C=C/CCCCCCCCCCCCCCCCCCCCC. The molecule has 0 spiro atoms. The van der Waals surface area contributed by atoms with Gasteiger partial charge in [-0.3, -0.25) is 4.79 Å². The lowest BCUT2D eigenvalue weighted by atomic mass is 9.97. The van der Waals surface area contributed by atoms with E-state index in [1.165, 1.54) is 116 Å². The van der Waals surface area contributed by atoms with E-state index in [2.05, 4.69) is 79.9 Å². The maximum absolute atomic E-state index is 13.3. The highest BCUT2D eigenvalue weighted by Crippen LogP contribution is 2.30. The molecule has 12 atom stereocenters. The van der Waals surface area contributed by atoms with E-state index < -0.39 is 86.8 Å². The lowest BCUT2D eigenvalue weighted by Crippen LogP contribution is -2.65. The number of hydrogen-bond donors (Lipinski definition) is 9. The Kier molecular flexibility index (Phi) is 45.0. The summed E-state index contributed by atoms with van der Waals surface area (Å²) in [5.41, 5.74) is 0. The minimum atomic E-state index is -1.79. The predicted molar refractivity (Wildman–Crippen MR) is 313 cm³/mol. The van der Waals surface area contributed by atoms with Crippen molar-refractivity contribution < 1.29 is 64.6 Å². The number of hydrogen-bond acceptors (Lipinski definition) is 13. The number of aliphatic hydroxyl groups excluding tert-OH is 8. The number of allylic oxidation sites excluding steroid dienone is 11. The van der Waals surface area contributed by atoms with Gasteiger partial charge in [-0.1, -0.05) is 234 Å². The molecular formula is C64H113NO13. The van der Waals surface area contributed by atoms with Crippen LogP contribution in [0.2, 0.25) is 0 Å².